The Kier molecular flexibility index (Phi) is 7.28. The summed E-state index contributed by atoms with van der Waals surface area (Å²) in [5.74, 6) is -0.416. The van der Waals surface area contributed by atoms with E-state index in [1.165, 1.54) is 0 Å². The summed E-state index contributed by atoms with van der Waals surface area (Å²) in [6, 6.07) is 0. The van der Waals surface area contributed by atoms with Crippen LogP contribution in [0.3, 0.4) is 0 Å². The van der Waals surface area contributed by atoms with Gasteiger partial charge in [0.25, 0.3) is 0 Å². The van der Waals surface area contributed by atoms with E-state index in [0.29, 0.717) is 25.2 Å². The normalized spacial score (nSPS) is 9.40. The lowest BCUT2D eigenvalue weighted by atomic mass is 10.2. The lowest BCUT2D eigenvalue weighted by molar-refractivity contribution is -0.139. The van der Waals surface area contributed by atoms with Crippen molar-refractivity contribution >= 4 is 5.97 Å². The van der Waals surface area contributed by atoms with Crippen molar-refractivity contribution in [3.05, 3.63) is 37.0 Å². The number of ether oxygens (including phenoxy) is 2. The number of esters is 1. The zero-order valence-corrected chi connectivity index (χ0v) is 9.25. The fraction of sp³-hybridized carbons (Fsp3) is 0.417. The third kappa shape index (κ3) is 7.70. The van der Waals surface area contributed by atoms with E-state index < -0.39 is 5.97 Å². The molecule has 0 aromatic carbocycles. The molecule has 0 aromatic heterocycles. The minimum Gasteiger partial charge on any atom is -0.462 e. The largest absolute Gasteiger partial charge is 0.462 e. The minimum atomic E-state index is -0.416. The Labute approximate surface area is 91.1 Å². The highest BCUT2D eigenvalue weighted by Gasteiger charge is 2.07. The number of hydrogen-bond acceptors (Lipinski definition) is 3. The maximum atomic E-state index is 11.3. The van der Waals surface area contributed by atoms with Gasteiger partial charge in [-0.1, -0.05) is 18.2 Å². The van der Waals surface area contributed by atoms with Gasteiger partial charge in [-0.3, -0.25) is 0 Å². The molecule has 0 unspecified atom stereocenters. The van der Waals surface area contributed by atoms with Gasteiger partial charge in [0.15, 0.2) is 0 Å². The Balaban J connectivity index is 3.64. The molecule has 3 heteroatoms. The van der Waals surface area contributed by atoms with Crippen LogP contribution in [0.25, 0.3) is 0 Å². The first kappa shape index (κ1) is 13.7. The molecule has 0 N–H and O–H groups in total. The summed E-state index contributed by atoms with van der Waals surface area (Å²) in [4.78, 5) is 11.3. The summed E-state index contributed by atoms with van der Waals surface area (Å²) < 4.78 is 10.00. The van der Waals surface area contributed by atoms with E-state index in [1.54, 1.807) is 6.08 Å². The second kappa shape index (κ2) is 8.00. The first-order chi connectivity index (χ1) is 7.07. The molecule has 0 radical (unpaired) electrons. The van der Waals surface area contributed by atoms with Gasteiger partial charge in [0.05, 0.1) is 25.4 Å². The van der Waals surface area contributed by atoms with Crippen LogP contribution in [0.4, 0.5) is 0 Å². The molecule has 84 valence electrons. The van der Waals surface area contributed by atoms with E-state index in [1.807, 2.05) is 6.92 Å². The molecule has 0 bridgehead atoms. The van der Waals surface area contributed by atoms with E-state index in [-0.39, 0.29) is 6.61 Å². The molecule has 0 saturated heterocycles. The van der Waals surface area contributed by atoms with Crippen LogP contribution in [0.1, 0.15) is 13.3 Å². The van der Waals surface area contributed by atoms with E-state index >= 15 is 0 Å². The summed E-state index contributed by atoms with van der Waals surface area (Å²) in [5.41, 5.74) is 1.30. The molecule has 0 aliphatic heterocycles. The first-order valence-corrected chi connectivity index (χ1v) is 4.75. The monoisotopic (exact) mass is 210 g/mol. The average molecular weight is 210 g/mol. The van der Waals surface area contributed by atoms with Gasteiger partial charge in [0.1, 0.15) is 0 Å². The van der Waals surface area contributed by atoms with Gasteiger partial charge in [-0.2, -0.15) is 0 Å². The smallest absolute Gasteiger partial charge is 0.335 e. The van der Waals surface area contributed by atoms with Gasteiger partial charge in [-0.15, -0.1) is 13.2 Å². The van der Waals surface area contributed by atoms with Crippen LogP contribution in [-0.4, -0.2) is 25.8 Å². The Morgan fingerprint density at radius 1 is 1.40 bits per heavy atom. The van der Waals surface area contributed by atoms with Crippen LogP contribution in [0, 0.1) is 0 Å². The third-order valence-electron chi connectivity index (χ3n) is 1.56. The van der Waals surface area contributed by atoms with Gasteiger partial charge in [0.2, 0.25) is 0 Å². The van der Waals surface area contributed by atoms with Gasteiger partial charge in [-0.05, 0) is 6.92 Å². The minimum absolute atomic E-state index is 0.178. The highest BCUT2D eigenvalue weighted by Crippen LogP contribution is 2.00. The molecule has 0 saturated carbocycles. The number of carbonyl (C=O) groups excluding carboxylic acids is 1. The molecule has 0 atom stereocenters. The van der Waals surface area contributed by atoms with Gasteiger partial charge in [-0.25, -0.2) is 4.79 Å². The molecule has 0 rings (SSSR count). The number of rotatable bonds is 8. The molecular formula is C12H18O3. The Hall–Kier alpha value is -1.35. The van der Waals surface area contributed by atoms with Gasteiger partial charge < -0.3 is 9.47 Å². The Morgan fingerprint density at radius 3 is 2.60 bits per heavy atom. The molecule has 0 heterocycles. The van der Waals surface area contributed by atoms with Crippen LogP contribution in [0.2, 0.25) is 0 Å². The topological polar surface area (TPSA) is 35.5 Å². The molecule has 0 spiro atoms. The molecule has 0 aromatic rings. The summed E-state index contributed by atoms with van der Waals surface area (Å²) in [6.45, 7) is 13.6. The lowest BCUT2D eigenvalue weighted by Gasteiger charge is -2.06. The van der Waals surface area contributed by atoms with Gasteiger partial charge in [0, 0.05) is 6.42 Å². The van der Waals surface area contributed by atoms with Crippen LogP contribution >= 0.6 is 0 Å². The second-order valence-electron chi connectivity index (χ2n) is 3.25. The molecule has 0 fully saturated rings. The highest BCUT2D eigenvalue weighted by molar-refractivity contribution is 5.87. The van der Waals surface area contributed by atoms with Crippen molar-refractivity contribution in [2.75, 3.05) is 19.8 Å². The van der Waals surface area contributed by atoms with Crippen molar-refractivity contribution in [1.29, 1.82) is 0 Å². The maximum Gasteiger partial charge on any atom is 0.335 e. The second-order valence-corrected chi connectivity index (χ2v) is 3.25. The molecule has 0 amide bonds. The van der Waals surface area contributed by atoms with Gasteiger partial charge >= 0.3 is 5.97 Å². The molecule has 15 heavy (non-hydrogen) atoms. The standard InChI is InChI=1S/C12H18O3/c1-5-7-14-9-11(4)12(13)15-8-6-10(2)3/h5H,1-2,4,6-9H2,3H3. The fourth-order valence-electron chi connectivity index (χ4n) is 0.744. The average Bonchev–Trinajstić information content (AvgIpc) is 2.17. The SMILES string of the molecule is C=CCOCC(=C)C(=O)OCCC(=C)C. The maximum absolute atomic E-state index is 11.3. The zero-order chi connectivity index (χ0) is 11.7. The van der Waals surface area contributed by atoms with Crippen LogP contribution in [-0.2, 0) is 14.3 Å². The van der Waals surface area contributed by atoms with Crippen LogP contribution < -0.4 is 0 Å². The van der Waals surface area contributed by atoms with Crippen LogP contribution in [0.15, 0.2) is 37.0 Å². The fourth-order valence-corrected chi connectivity index (χ4v) is 0.744. The van der Waals surface area contributed by atoms with Crippen molar-refractivity contribution in [1.82, 2.24) is 0 Å². The summed E-state index contributed by atoms with van der Waals surface area (Å²) >= 11 is 0. The van der Waals surface area contributed by atoms with E-state index in [4.69, 9.17) is 9.47 Å². The molecule has 3 nitrogen and oxygen atoms in total. The predicted molar refractivity (Wildman–Crippen MR) is 60.5 cm³/mol. The van der Waals surface area contributed by atoms with Crippen molar-refractivity contribution in [3.63, 3.8) is 0 Å². The Morgan fingerprint density at radius 2 is 2.07 bits per heavy atom. The zero-order valence-electron chi connectivity index (χ0n) is 9.25. The summed E-state index contributed by atoms with van der Waals surface area (Å²) in [7, 11) is 0. The predicted octanol–water partition coefficient (Wildman–Crippen LogP) is 2.25. The Bertz CT molecular complexity index is 254. The van der Waals surface area contributed by atoms with E-state index in [0.717, 1.165) is 5.57 Å². The molecular weight excluding hydrogens is 192 g/mol. The molecule has 0 aliphatic rings. The summed E-state index contributed by atoms with van der Waals surface area (Å²) in [5, 5.41) is 0. The van der Waals surface area contributed by atoms with Crippen molar-refractivity contribution in [3.8, 4) is 0 Å². The number of carbonyl (C=O) groups is 1. The molecule has 0 aliphatic carbocycles. The summed E-state index contributed by atoms with van der Waals surface area (Å²) in [6.07, 6.45) is 2.28. The van der Waals surface area contributed by atoms with Crippen LogP contribution in [0.5, 0.6) is 0 Å². The van der Waals surface area contributed by atoms with Crippen molar-refractivity contribution in [2.24, 2.45) is 0 Å². The number of hydrogen-bond donors (Lipinski definition) is 0. The third-order valence-corrected chi connectivity index (χ3v) is 1.56. The highest BCUT2D eigenvalue weighted by atomic mass is 16.5. The van der Waals surface area contributed by atoms with Crippen molar-refractivity contribution in [2.45, 2.75) is 13.3 Å². The first-order valence-electron chi connectivity index (χ1n) is 4.75. The quantitative estimate of drug-likeness (QED) is 0.267. The van der Waals surface area contributed by atoms with Crippen molar-refractivity contribution < 1.29 is 14.3 Å². The van der Waals surface area contributed by atoms with E-state index in [2.05, 4.69) is 19.7 Å². The lowest BCUT2D eigenvalue weighted by Crippen LogP contribution is -2.12. The van der Waals surface area contributed by atoms with E-state index in [9.17, 15) is 4.79 Å².